The molecule has 0 aromatic heterocycles. The van der Waals surface area contributed by atoms with Crippen molar-refractivity contribution in [2.45, 2.75) is 12.8 Å². The van der Waals surface area contributed by atoms with Crippen LogP contribution in [0.4, 0.5) is 23.7 Å². The number of hydrogen-bond donors (Lipinski definition) is 2. The molecule has 2 aromatic rings. The van der Waals surface area contributed by atoms with Crippen molar-refractivity contribution in [3.8, 4) is 5.75 Å². The first-order chi connectivity index (χ1) is 12.2. The summed E-state index contributed by atoms with van der Waals surface area (Å²) in [7, 11) is 0. The van der Waals surface area contributed by atoms with E-state index in [9.17, 15) is 22.8 Å². The second kappa shape index (κ2) is 8.24. The maximum Gasteiger partial charge on any atom is 0.573 e. The molecule has 3 N–H and O–H groups in total. The highest BCUT2D eigenvalue weighted by molar-refractivity contribution is 5.92. The highest BCUT2D eigenvalue weighted by atomic mass is 19.4. The van der Waals surface area contributed by atoms with Crippen LogP contribution in [-0.4, -0.2) is 25.0 Å². The first kappa shape index (κ1) is 19.1. The molecule has 0 aliphatic rings. The molecule has 0 saturated heterocycles. The summed E-state index contributed by atoms with van der Waals surface area (Å²) >= 11 is 0. The van der Waals surface area contributed by atoms with E-state index in [1.807, 2.05) is 0 Å². The number of hydrogen-bond acceptors (Lipinski definition) is 4. The van der Waals surface area contributed by atoms with Gasteiger partial charge >= 0.3 is 12.5 Å². The molecule has 2 rings (SSSR count). The van der Waals surface area contributed by atoms with E-state index in [0.717, 1.165) is 17.7 Å². The van der Waals surface area contributed by atoms with E-state index >= 15 is 0 Å². The third kappa shape index (κ3) is 6.34. The minimum atomic E-state index is -4.77. The first-order valence-electron chi connectivity index (χ1n) is 7.41. The Balaban J connectivity index is 1.77. The Morgan fingerprint density at radius 1 is 1.00 bits per heavy atom. The molecule has 0 atom stereocenters. The van der Waals surface area contributed by atoms with Gasteiger partial charge in [-0.25, -0.2) is 4.79 Å². The molecule has 0 radical (unpaired) electrons. The van der Waals surface area contributed by atoms with Crippen molar-refractivity contribution in [2.24, 2.45) is 5.73 Å². The van der Waals surface area contributed by atoms with Gasteiger partial charge in [-0.05, 0) is 42.0 Å². The second-order valence-electron chi connectivity index (χ2n) is 5.14. The largest absolute Gasteiger partial charge is 0.573 e. The Morgan fingerprint density at radius 2 is 1.62 bits per heavy atom. The van der Waals surface area contributed by atoms with E-state index in [4.69, 9.17) is 10.5 Å². The Kier molecular flexibility index (Phi) is 6.05. The molecular weight excluding hydrogens is 353 g/mol. The fraction of sp³-hybridized carbons (Fsp3) is 0.176. The van der Waals surface area contributed by atoms with Crippen molar-refractivity contribution in [2.75, 3.05) is 11.9 Å². The summed E-state index contributed by atoms with van der Waals surface area (Å²) in [5.41, 5.74) is 6.62. The standard InChI is InChI=1S/C17H15F3N2O4/c18-17(19,20)26-14-7-5-13(6-8-14)22-16(24)25-10-9-11-1-3-12(4-2-11)15(21)23/h1-8H,9-10H2,(H2,21,23)(H,22,24). The van der Waals surface area contributed by atoms with Gasteiger partial charge in [-0.3, -0.25) is 10.1 Å². The average molecular weight is 368 g/mol. The highest BCUT2D eigenvalue weighted by Gasteiger charge is 2.30. The van der Waals surface area contributed by atoms with Crippen LogP contribution in [0.15, 0.2) is 48.5 Å². The number of carbonyl (C=O) groups is 2. The van der Waals surface area contributed by atoms with Gasteiger partial charge in [0.15, 0.2) is 0 Å². The number of primary amides is 1. The van der Waals surface area contributed by atoms with E-state index in [1.165, 1.54) is 12.1 Å². The maximum absolute atomic E-state index is 12.1. The Morgan fingerprint density at radius 3 is 2.15 bits per heavy atom. The SMILES string of the molecule is NC(=O)c1ccc(CCOC(=O)Nc2ccc(OC(F)(F)F)cc2)cc1. The maximum atomic E-state index is 12.1. The fourth-order valence-electron chi connectivity index (χ4n) is 1.99. The topological polar surface area (TPSA) is 90.7 Å². The minimum absolute atomic E-state index is 0.0804. The van der Waals surface area contributed by atoms with Crippen LogP contribution in [0.3, 0.4) is 0 Å². The number of carbonyl (C=O) groups excluding carboxylic acids is 2. The summed E-state index contributed by atoms with van der Waals surface area (Å²) < 4.78 is 44.9. The third-order valence-electron chi connectivity index (χ3n) is 3.20. The summed E-state index contributed by atoms with van der Waals surface area (Å²) in [6.45, 7) is 0.0804. The van der Waals surface area contributed by atoms with Gasteiger partial charge in [0, 0.05) is 17.7 Å². The number of alkyl halides is 3. The van der Waals surface area contributed by atoms with Crippen LogP contribution in [0, 0.1) is 0 Å². The number of amides is 2. The van der Waals surface area contributed by atoms with Crippen LogP contribution in [0.5, 0.6) is 5.75 Å². The number of benzene rings is 2. The van der Waals surface area contributed by atoms with Gasteiger partial charge in [-0.2, -0.15) is 0 Å². The van der Waals surface area contributed by atoms with Crippen LogP contribution in [0.2, 0.25) is 0 Å². The van der Waals surface area contributed by atoms with Crippen LogP contribution in [0.1, 0.15) is 15.9 Å². The van der Waals surface area contributed by atoms with Crippen molar-refractivity contribution >= 4 is 17.7 Å². The van der Waals surface area contributed by atoms with E-state index in [-0.39, 0.29) is 12.3 Å². The van der Waals surface area contributed by atoms with Gasteiger partial charge in [0.1, 0.15) is 5.75 Å². The summed E-state index contributed by atoms with van der Waals surface area (Å²) in [6, 6.07) is 11.2. The molecule has 0 saturated carbocycles. The number of nitrogens with one attached hydrogen (secondary N) is 1. The number of halogens is 3. The normalized spacial score (nSPS) is 10.9. The van der Waals surface area contributed by atoms with Gasteiger partial charge < -0.3 is 15.2 Å². The Bertz CT molecular complexity index is 759. The molecule has 0 unspecified atom stereocenters. The van der Waals surface area contributed by atoms with Gasteiger partial charge in [-0.1, -0.05) is 12.1 Å². The molecular formula is C17H15F3N2O4. The number of ether oxygens (including phenoxy) is 2. The number of nitrogens with two attached hydrogens (primary N) is 1. The van der Waals surface area contributed by atoms with E-state index in [1.54, 1.807) is 24.3 Å². The van der Waals surface area contributed by atoms with Gasteiger partial charge in [-0.15, -0.1) is 13.2 Å². The molecule has 6 nitrogen and oxygen atoms in total. The monoisotopic (exact) mass is 368 g/mol. The lowest BCUT2D eigenvalue weighted by Crippen LogP contribution is -2.17. The Hall–Kier alpha value is -3.23. The zero-order valence-electron chi connectivity index (χ0n) is 13.4. The average Bonchev–Trinajstić information content (AvgIpc) is 2.56. The smallest absolute Gasteiger partial charge is 0.449 e. The number of anilines is 1. The van der Waals surface area contributed by atoms with Crippen molar-refractivity contribution in [1.82, 2.24) is 0 Å². The fourth-order valence-corrected chi connectivity index (χ4v) is 1.99. The molecule has 0 aliphatic heterocycles. The molecule has 2 amide bonds. The van der Waals surface area contributed by atoms with E-state index < -0.39 is 24.1 Å². The van der Waals surface area contributed by atoms with E-state index in [2.05, 4.69) is 10.1 Å². The Labute approximate surface area is 146 Å². The first-order valence-corrected chi connectivity index (χ1v) is 7.41. The van der Waals surface area contributed by atoms with Crippen molar-refractivity contribution in [3.05, 3.63) is 59.7 Å². The third-order valence-corrected chi connectivity index (χ3v) is 3.20. The molecule has 138 valence electrons. The second-order valence-corrected chi connectivity index (χ2v) is 5.14. The predicted molar refractivity (Wildman–Crippen MR) is 86.8 cm³/mol. The molecule has 0 spiro atoms. The molecule has 26 heavy (non-hydrogen) atoms. The minimum Gasteiger partial charge on any atom is -0.449 e. The molecule has 0 bridgehead atoms. The quantitative estimate of drug-likeness (QED) is 0.817. The lowest BCUT2D eigenvalue weighted by molar-refractivity contribution is -0.274. The molecule has 2 aromatic carbocycles. The summed E-state index contributed by atoms with van der Waals surface area (Å²) in [5, 5.41) is 2.38. The summed E-state index contributed by atoms with van der Waals surface area (Å²) in [6.07, 6.45) is -5.10. The molecule has 0 fully saturated rings. The van der Waals surface area contributed by atoms with Gasteiger partial charge in [0.25, 0.3) is 0 Å². The zero-order valence-corrected chi connectivity index (χ0v) is 13.4. The van der Waals surface area contributed by atoms with Crippen molar-refractivity contribution in [3.63, 3.8) is 0 Å². The van der Waals surface area contributed by atoms with Crippen LogP contribution in [-0.2, 0) is 11.2 Å². The molecule has 0 heterocycles. The molecule has 0 aliphatic carbocycles. The lowest BCUT2D eigenvalue weighted by atomic mass is 10.1. The summed E-state index contributed by atoms with van der Waals surface area (Å²) in [5.74, 6) is -0.922. The predicted octanol–water partition coefficient (Wildman–Crippen LogP) is 3.48. The van der Waals surface area contributed by atoms with Gasteiger partial charge in [0.05, 0.1) is 6.61 Å². The summed E-state index contributed by atoms with van der Waals surface area (Å²) in [4.78, 5) is 22.6. The highest BCUT2D eigenvalue weighted by Crippen LogP contribution is 2.23. The van der Waals surface area contributed by atoms with Crippen LogP contribution >= 0.6 is 0 Å². The van der Waals surface area contributed by atoms with Gasteiger partial charge in [0.2, 0.25) is 5.91 Å². The molecule has 9 heteroatoms. The number of rotatable bonds is 6. The lowest BCUT2D eigenvalue weighted by Gasteiger charge is -2.10. The van der Waals surface area contributed by atoms with Crippen molar-refractivity contribution in [1.29, 1.82) is 0 Å². The zero-order chi connectivity index (χ0) is 19.2. The van der Waals surface area contributed by atoms with Crippen LogP contribution < -0.4 is 15.8 Å². The van der Waals surface area contributed by atoms with Crippen molar-refractivity contribution < 1.29 is 32.2 Å². The van der Waals surface area contributed by atoms with Crippen LogP contribution in [0.25, 0.3) is 0 Å². The van der Waals surface area contributed by atoms with E-state index in [0.29, 0.717) is 12.0 Å².